The van der Waals surface area contributed by atoms with Gasteiger partial charge in [-0.25, -0.2) is 0 Å². The Labute approximate surface area is 225 Å². The van der Waals surface area contributed by atoms with Crippen molar-refractivity contribution < 1.29 is 35.9 Å². The second kappa shape index (κ2) is 12.2. The Hall–Kier alpha value is -3.44. The molecular formula is C28H24F6N2O2S. The van der Waals surface area contributed by atoms with Crippen molar-refractivity contribution in [2.45, 2.75) is 28.7 Å². The van der Waals surface area contributed by atoms with Crippen molar-refractivity contribution >= 4 is 29.4 Å². The van der Waals surface area contributed by atoms with Crippen molar-refractivity contribution in [1.82, 2.24) is 4.90 Å². The van der Waals surface area contributed by atoms with Crippen LogP contribution < -0.4 is 5.32 Å². The van der Waals surface area contributed by atoms with Gasteiger partial charge in [-0.2, -0.15) is 26.3 Å². The number of carbonyl (C=O) groups is 1. The van der Waals surface area contributed by atoms with Crippen LogP contribution in [0.15, 0.2) is 82.6 Å². The van der Waals surface area contributed by atoms with Crippen LogP contribution in [0.3, 0.4) is 0 Å². The van der Waals surface area contributed by atoms with Gasteiger partial charge < -0.3 is 15.0 Å². The highest BCUT2D eigenvalue weighted by Gasteiger charge is 2.46. The topological polar surface area (TPSA) is 41.6 Å². The van der Waals surface area contributed by atoms with Crippen molar-refractivity contribution in [3.05, 3.63) is 95.1 Å². The van der Waals surface area contributed by atoms with E-state index in [4.69, 9.17) is 4.74 Å². The molecule has 3 aromatic carbocycles. The highest BCUT2D eigenvalue weighted by molar-refractivity contribution is 7.99. The van der Waals surface area contributed by atoms with E-state index in [9.17, 15) is 31.1 Å². The first-order valence-electron chi connectivity index (χ1n) is 11.9. The van der Waals surface area contributed by atoms with Gasteiger partial charge in [-0.05, 0) is 41.5 Å². The summed E-state index contributed by atoms with van der Waals surface area (Å²) in [6.07, 6.45) is -8.96. The molecule has 0 atom stereocenters. The van der Waals surface area contributed by atoms with Crippen LogP contribution in [0, 0.1) is 0 Å². The summed E-state index contributed by atoms with van der Waals surface area (Å²) >= 11 is 0.590. The first-order valence-corrected chi connectivity index (χ1v) is 12.8. The van der Waals surface area contributed by atoms with Gasteiger partial charge in [-0.15, -0.1) is 0 Å². The van der Waals surface area contributed by atoms with Crippen molar-refractivity contribution in [2.24, 2.45) is 0 Å². The summed E-state index contributed by atoms with van der Waals surface area (Å²) in [5.74, 6) is -0.599. The average Bonchev–Trinajstić information content (AvgIpc) is 2.91. The van der Waals surface area contributed by atoms with E-state index in [1.807, 2.05) is 30.3 Å². The number of anilines is 1. The fraction of sp³-hybridized carbons (Fsp3) is 0.250. The standard InChI is InChI=1S/C28H24F6N2O2S/c29-27(30,31)25-20(10-12-24(37)36-13-15-38-16-14-36)9-11-23(26(25)28(32,33)34)39-22-8-4-7-21(17-22)35-18-19-5-2-1-3-6-19/h1-12,17,35H,13-16,18H2. The number of morpholine rings is 1. The van der Waals surface area contributed by atoms with Crippen LogP contribution in [0.25, 0.3) is 6.08 Å². The Morgan fingerprint density at radius 3 is 2.26 bits per heavy atom. The van der Waals surface area contributed by atoms with Gasteiger partial charge in [0.05, 0.1) is 24.3 Å². The predicted molar refractivity (Wildman–Crippen MR) is 137 cm³/mol. The lowest BCUT2D eigenvalue weighted by Gasteiger charge is -2.25. The largest absolute Gasteiger partial charge is 0.418 e. The van der Waals surface area contributed by atoms with E-state index in [0.29, 0.717) is 28.9 Å². The monoisotopic (exact) mass is 566 g/mol. The van der Waals surface area contributed by atoms with Crippen molar-refractivity contribution in [1.29, 1.82) is 0 Å². The van der Waals surface area contributed by atoms with Gasteiger partial charge in [0.15, 0.2) is 0 Å². The molecule has 0 aromatic heterocycles. The fourth-order valence-corrected chi connectivity index (χ4v) is 5.10. The summed E-state index contributed by atoms with van der Waals surface area (Å²) in [5, 5.41) is 3.16. The first kappa shape index (κ1) is 28.6. The Morgan fingerprint density at radius 2 is 1.59 bits per heavy atom. The van der Waals surface area contributed by atoms with E-state index in [2.05, 4.69) is 5.32 Å². The van der Waals surface area contributed by atoms with Gasteiger partial charge in [-0.3, -0.25) is 4.79 Å². The molecule has 0 bridgehead atoms. The number of nitrogens with one attached hydrogen (secondary N) is 1. The average molecular weight is 567 g/mol. The molecule has 1 fully saturated rings. The molecule has 11 heteroatoms. The molecule has 1 aliphatic rings. The van der Waals surface area contributed by atoms with E-state index in [0.717, 1.165) is 29.8 Å². The summed E-state index contributed by atoms with van der Waals surface area (Å²) in [7, 11) is 0. The third-order valence-electron chi connectivity index (χ3n) is 5.90. The maximum Gasteiger partial charge on any atom is 0.418 e. The molecule has 4 rings (SSSR count). The Kier molecular flexibility index (Phi) is 8.91. The molecule has 0 aliphatic carbocycles. The quantitative estimate of drug-likeness (QED) is 0.240. The first-order chi connectivity index (χ1) is 18.5. The van der Waals surface area contributed by atoms with Crippen molar-refractivity contribution in [3.8, 4) is 0 Å². The SMILES string of the molecule is O=C(C=Cc1ccc(Sc2cccc(NCc3ccccc3)c2)c(C(F)(F)F)c1C(F)(F)F)N1CCOCC1. The van der Waals surface area contributed by atoms with Crippen LogP contribution >= 0.6 is 11.8 Å². The van der Waals surface area contributed by atoms with Crippen LogP contribution in [0.1, 0.15) is 22.3 Å². The fourth-order valence-electron chi connectivity index (χ4n) is 4.06. The number of alkyl halides is 6. The number of halogens is 6. The highest BCUT2D eigenvalue weighted by Crippen LogP contribution is 2.48. The number of ether oxygens (including phenoxy) is 1. The van der Waals surface area contributed by atoms with E-state index >= 15 is 0 Å². The lowest BCUT2D eigenvalue weighted by molar-refractivity contribution is -0.163. The molecular weight excluding hydrogens is 542 g/mol. The Morgan fingerprint density at radius 1 is 0.897 bits per heavy atom. The van der Waals surface area contributed by atoms with Gasteiger partial charge in [0.1, 0.15) is 0 Å². The molecule has 0 saturated carbocycles. The van der Waals surface area contributed by atoms with Gasteiger partial charge in [0.2, 0.25) is 5.91 Å². The number of nitrogens with zero attached hydrogens (tertiary/aromatic N) is 1. The van der Waals surface area contributed by atoms with E-state index < -0.39 is 39.8 Å². The summed E-state index contributed by atoms with van der Waals surface area (Å²) in [6, 6.07) is 17.8. The summed E-state index contributed by atoms with van der Waals surface area (Å²) in [5.41, 5.74) is -2.76. The van der Waals surface area contributed by atoms with Crippen LogP contribution in [0.4, 0.5) is 32.0 Å². The lowest BCUT2D eigenvalue weighted by Crippen LogP contribution is -2.39. The molecule has 0 radical (unpaired) electrons. The van der Waals surface area contributed by atoms with Crippen LogP contribution in [-0.4, -0.2) is 37.1 Å². The van der Waals surface area contributed by atoms with Crippen molar-refractivity contribution in [2.75, 3.05) is 31.6 Å². The molecule has 206 valence electrons. The molecule has 3 aromatic rings. The number of rotatable bonds is 7. The molecule has 1 amide bonds. The lowest BCUT2D eigenvalue weighted by atomic mass is 9.99. The number of carbonyl (C=O) groups excluding carboxylic acids is 1. The number of amides is 1. The molecule has 1 N–H and O–H groups in total. The smallest absolute Gasteiger partial charge is 0.381 e. The van der Waals surface area contributed by atoms with Crippen LogP contribution in [0.5, 0.6) is 0 Å². The zero-order chi connectivity index (χ0) is 28.0. The van der Waals surface area contributed by atoms with Gasteiger partial charge in [0.25, 0.3) is 0 Å². The third-order valence-corrected chi connectivity index (χ3v) is 6.95. The molecule has 1 saturated heterocycles. The molecule has 0 spiro atoms. The predicted octanol–water partition coefficient (Wildman–Crippen LogP) is 7.36. The maximum atomic E-state index is 14.2. The number of hydrogen-bond donors (Lipinski definition) is 1. The Bertz CT molecular complexity index is 1320. The molecule has 1 heterocycles. The second-order valence-electron chi connectivity index (χ2n) is 8.64. The van der Waals surface area contributed by atoms with Crippen LogP contribution in [-0.2, 0) is 28.4 Å². The maximum absolute atomic E-state index is 14.2. The van der Waals surface area contributed by atoms with Gasteiger partial charge in [0, 0.05) is 41.2 Å². The minimum Gasteiger partial charge on any atom is -0.381 e. The number of benzene rings is 3. The van der Waals surface area contributed by atoms with E-state index in [-0.39, 0.29) is 26.3 Å². The van der Waals surface area contributed by atoms with Gasteiger partial charge in [-0.1, -0.05) is 54.2 Å². The molecule has 39 heavy (non-hydrogen) atoms. The van der Waals surface area contributed by atoms with E-state index in [1.165, 1.54) is 11.0 Å². The highest BCUT2D eigenvalue weighted by atomic mass is 32.2. The normalized spacial score (nSPS) is 14.6. The zero-order valence-electron chi connectivity index (χ0n) is 20.5. The molecule has 0 unspecified atom stereocenters. The van der Waals surface area contributed by atoms with E-state index in [1.54, 1.807) is 18.2 Å². The molecule has 1 aliphatic heterocycles. The minimum atomic E-state index is -5.32. The summed E-state index contributed by atoms with van der Waals surface area (Å²) < 4.78 is 89.9. The number of hydrogen-bond acceptors (Lipinski definition) is 4. The van der Waals surface area contributed by atoms with Crippen LogP contribution in [0.2, 0.25) is 0 Å². The zero-order valence-corrected chi connectivity index (χ0v) is 21.3. The summed E-state index contributed by atoms with van der Waals surface area (Å²) in [6.45, 7) is 1.52. The second-order valence-corrected chi connectivity index (χ2v) is 9.75. The minimum absolute atomic E-state index is 0.248. The van der Waals surface area contributed by atoms with Gasteiger partial charge >= 0.3 is 12.4 Å². The van der Waals surface area contributed by atoms with Crippen molar-refractivity contribution in [3.63, 3.8) is 0 Å². The Balaban J connectivity index is 1.65. The molecule has 4 nitrogen and oxygen atoms in total. The summed E-state index contributed by atoms with van der Waals surface area (Å²) in [4.78, 5) is 13.5. The third kappa shape index (κ3) is 7.57.